The first-order valence-corrected chi connectivity index (χ1v) is 9.00. The average molecular weight is 289 g/mol. The van der Waals surface area contributed by atoms with Crippen molar-refractivity contribution in [3.63, 3.8) is 0 Å². The molecule has 112 valence electrons. The van der Waals surface area contributed by atoms with Gasteiger partial charge < -0.3 is 5.32 Å². The van der Waals surface area contributed by atoms with Crippen LogP contribution in [0.25, 0.3) is 0 Å². The molecule has 0 aliphatic carbocycles. The van der Waals surface area contributed by atoms with Gasteiger partial charge in [0.2, 0.25) is 10.0 Å². The summed E-state index contributed by atoms with van der Waals surface area (Å²) in [6.07, 6.45) is 5.05. The van der Waals surface area contributed by atoms with Gasteiger partial charge in [-0.3, -0.25) is 4.90 Å². The maximum Gasteiger partial charge on any atom is 0.214 e. The standard InChI is InChI=1S/C13H27N3O2S/c1-14-8-3-4-10-19(17,18)16-9-7-12-5-6-13(11-16)15(12)2/h12-14H,3-11H2,1-2H3. The minimum Gasteiger partial charge on any atom is -0.320 e. The summed E-state index contributed by atoms with van der Waals surface area (Å²) in [5, 5.41) is 3.06. The lowest BCUT2D eigenvalue weighted by molar-refractivity contribution is 0.246. The molecule has 0 amide bonds. The fraction of sp³-hybridized carbons (Fsp3) is 1.00. The second-order valence-electron chi connectivity index (χ2n) is 5.82. The smallest absolute Gasteiger partial charge is 0.214 e. The predicted molar refractivity (Wildman–Crippen MR) is 77.7 cm³/mol. The molecule has 2 aliphatic heterocycles. The molecule has 2 aliphatic rings. The Balaban J connectivity index is 1.90. The van der Waals surface area contributed by atoms with Gasteiger partial charge in [0, 0.05) is 25.2 Å². The van der Waals surface area contributed by atoms with Gasteiger partial charge in [-0.1, -0.05) is 0 Å². The van der Waals surface area contributed by atoms with E-state index in [1.807, 2.05) is 7.05 Å². The summed E-state index contributed by atoms with van der Waals surface area (Å²) < 4.78 is 26.5. The monoisotopic (exact) mass is 289 g/mol. The van der Waals surface area contributed by atoms with Crippen LogP contribution >= 0.6 is 0 Å². The molecule has 0 aromatic carbocycles. The third-order valence-electron chi connectivity index (χ3n) is 4.58. The second-order valence-corrected chi connectivity index (χ2v) is 7.91. The summed E-state index contributed by atoms with van der Waals surface area (Å²) in [5.74, 6) is 0.301. The van der Waals surface area contributed by atoms with Gasteiger partial charge in [0.1, 0.15) is 0 Å². The van der Waals surface area contributed by atoms with Crippen LogP contribution in [0.1, 0.15) is 32.1 Å². The molecule has 0 aromatic heterocycles. The quantitative estimate of drug-likeness (QED) is 0.723. The van der Waals surface area contributed by atoms with E-state index in [9.17, 15) is 8.42 Å². The number of likely N-dealkylation sites (N-methyl/N-ethyl adjacent to an activating group) is 1. The highest BCUT2D eigenvalue weighted by Crippen LogP contribution is 2.29. The zero-order chi connectivity index (χ0) is 13.9. The minimum atomic E-state index is -3.05. The molecule has 19 heavy (non-hydrogen) atoms. The fourth-order valence-electron chi connectivity index (χ4n) is 3.25. The summed E-state index contributed by atoms with van der Waals surface area (Å²) in [6.45, 7) is 2.30. The molecule has 0 spiro atoms. The predicted octanol–water partition coefficient (Wildman–Crippen LogP) is 0.484. The van der Waals surface area contributed by atoms with Crippen molar-refractivity contribution in [3.8, 4) is 0 Å². The van der Waals surface area contributed by atoms with Gasteiger partial charge in [0.05, 0.1) is 5.75 Å². The van der Waals surface area contributed by atoms with Gasteiger partial charge in [-0.2, -0.15) is 0 Å². The number of rotatable bonds is 6. The number of fused-ring (bicyclic) bond motifs is 2. The number of nitrogens with zero attached hydrogens (tertiary/aromatic N) is 2. The van der Waals surface area contributed by atoms with Gasteiger partial charge in [0.25, 0.3) is 0 Å². The summed E-state index contributed by atoms with van der Waals surface area (Å²) in [4.78, 5) is 2.39. The third kappa shape index (κ3) is 3.68. The molecular weight excluding hydrogens is 262 g/mol. The lowest BCUT2D eigenvalue weighted by Gasteiger charge is -2.25. The molecule has 1 N–H and O–H groups in total. The molecular formula is C13H27N3O2S. The van der Waals surface area contributed by atoms with Crippen LogP contribution in [0.2, 0.25) is 0 Å². The molecule has 2 unspecified atom stereocenters. The lowest BCUT2D eigenvalue weighted by atomic mass is 10.1. The van der Waals surface area contributed by atoms with Crippen LogP contribution in [-0.2, 0) is 10.0 Å². The Morgan fingerprint density at radius 1 is 1.16 bits per heavy atom. The fourth-order valence-corrected chi connectivity index (χ4v) is 4.86. The lowest BCUT2D eigenvalue weighted by Crippen LogP contribution is -2.40. The number of sulfonamides is 1. The van der Waals surface area contributed by atoms with Crippen LogP contribution in [-0.4, -0.2) is 69.2 Å². The first-order valence-electron chi connectivity index (χ1n) is 7.39. The first kappa shape index (κ1) is 15.2. The van der Waals surface area contributed by atoms with Crippen molar-refractivity contribution in [2.45, 2.75) is 44.2 Å². The van der Waals surface area contributed by atoms with Crippen molar-refractivity contribution in [1.29, 1.82) is 0 Å². The van der Waals surface area contributed by atoms with Crippen LogP contribution in [0.3, 0.4) is 0 Å². The largest absolute Gasteiger partial charge is 0.320 e. The van der Waals surface area contributed by atoms with E-state index in [1.54, 1.807) is 4.31 Å². The van der Waals surface area contributed by atoms with Gasteiger partial charge in [-0.15, -0.1) is 0 Å². The highest BCUT2D eigenvalue weighted by atomic mass is 32.2. The van der Waals surface area contributed by atoms with Gasteiger partial charge in [0.15, 0.2) is 0 Å². The van der Waals surface area contributed by atoms with Crippen molar-refractivity contribution in [1.82, 2.24) is 14.5 Å². The molecule has 2 saturated heterocycles. The molecule has 6 heteroatoms. The topological polar surface area (TPSA) is 52.7 Å². The molecule has 2 heterocycles. The molecule has 0 radical (unpaired) electrons. The van der Waals surface area contributed by atoms with E-state index in [-0.39, 0.29) is 0 Å². The third-order valence-corrected chi connectivity index (χ3v) is 6.51. The highest BCUT2D eigenvalue weighted by Gasteiger charge is 2.37. The SMILES string of the molecule is CNCCCCS(=O)(=O)N1CCC2CCC(C1)N2C. The van der Waals surface area contributed by atoms with E-state index in [4.69, 9.17) is 0 Å². The van der Waals surface area contributed by atoms with Gasteiger partial charge in [-0.05, 0) is 52.7 Å². The summed E-state index contributed by atoms with van der Waals surface area (Å²) in [6, 6.07) is 1.02. The minimum absolute atomic E-state index is 0.301. The van der Waals surface area contributed by atoms with Crippen molar-refractivity contribution in [2.75, 3.05) is 39.5 Å². The Labute approximate surface area is 117 Å². The van der Waals surface area contributed by atoms with E-state index in [0.29, 0.717) is 30.9 Å². The Hall–Kier alpha value is -0.170. The molecule has 2 fully saturated rings. The number of hydrogen-bond acceptors (Lipinski definition) is 4. The van der Waals surface area contributed by atoms with Gasteiger partial charge >= 0.3 is 0 Å². The molecule has 2 bridgehead atoms. The van der Waals surface area contributed by atoms with Crippen molar-refractivity contribution < 1.29 is 8.42 Å². The van der Waals surface area contributed by atoms with Crippen LogP contribution in [0.15, 0.2) is 0 Å². The van der Waals surface area contributed by atoms with E-state index >= 15 is 0 Å². The van der Waals surface area contributed by atoms with Crippen molar-refractivity contribution in [2.24, 2.45) is 0 Å². The summed E-state index contributed by atoms with van der Waals surface area (Å²) >= 11 is 0. The zero-order valence-corrected chi connectivity index (χ0v) is 13.0. The Bertz CT molecular complexity index is 385. The molecule has 2 atom stereocenters. The van der Waals surface area contributed by atoms with E-state index in [0.717, 1.165) is 32.2 Å². The average Bonchev–Trinajstić information content (AvgIpc) is 2.58. The maximum atomic E-state index is 12.4. The van der Waals surface area contributed by atoms with E-state index < -0.39 is 10.0 Å². The van der Waals surface area contributed by atoms with Crippen LogP contribution < -0.4 is 5.32 Å². The number of hydrogen-bond donors (Lipinski definition) is 1. The normalized spacial score (nSPS) is 29.6. The molecule has 5 nitrogen and oxygen atoms in total. The Kier molecular flexibility index (Phi) is 5.22. The first-order chi connectivity index (χ1) is 9.04. The number of unbranched alkanes of at least 4 members (excludes halogenated alkanes) is 1. The molecule has 0 aromatic rings. The second kappa shape index (κ2) is 6.52. The van der Waals surface area contributed by atoms with Gasteiger partial charge in [-0.25, -0.2) is 12.7 Å². The Morgan fingerprint density at radius 2 is 1.89 bits per heavy atom. The Morgan fingerprint density at radius 3 is 2.63 bits per heavy atom. The van der Waals surface area contributed by atoms with E-state index in [1.165, 1.54) is 6.42 Å². The van der Waals surface area contributed by atoms with E-state index in [2.05, 4.69) is 17.3 Å². The molecule has 0 saturated carbocycles. The molecule has 2 rings (SSSR count). The van der Waals surface area contributed by atoms with Crippen molar-refractivity contribution in [3.05, 3.63) is 0 Å². The number of nitrogens with one attached hydrogen (secondary N) is 1. The van der Waals surface area contributed by atoms with Crippen LogP contribution in [0, 0.1) is 0 Å². The summed E-state index contributed by atoms with van der Waals surface area (Å²) in [5.41, 5.74) is 0. The van der Waals surface area contributed by atoms with Crippen LogP contribution in [0.5, 0.6) is 0 Å². The highest BCUT2D eigenvalue weighted by molar-refractivity contribution is 7.89. The van der Waals surface area contributed by atoms with Crippen molar-refractivity contribution >= 4 is 10.0 Å². The van der Waals surface area contributed by atoms with Crippen LogP contribution in [0.4, 0.5) is 0 Å². The maximum absolute atomic E-state index is 12.4. The zero-order valence-electron chi connectivity index (χ0n) is 12.1. The summed E-state index contributed by atoms with van der Waals surface area (Å²) in [7, 11) is 0.989.